The van der Waals surface area contributed by atoms with Crippen molar-refractivity contribution in [1.29, 1.82) is 0 Å². The van der Waals surface area contributed by atoms with Gasteiger partial charge in [0.25, 0.3) is 0 Å². The van der Waals surface area contributed by atoms with Gasteiger partial charge in [-0.15, -0.1) is 0 Å². The quantitative estimate of drug-likeness (QED) is 0.545. The van der Waals surface area contributed by atoms with Gasteiger partial charge in [-0.05, 0) is 13.8 Å². The minimum Gasteiger partial charge on any atom is -0.370 e. The molecule has 0 amide bonds. The van der Waals surface area contributed by atoms with Crippen LogP contribution in [0.1, 0.15) is 13.8 Å². The summed E-state index contributed by atoms with van der Waals surface area (Å²) in [5, 5.41) is 0. The molecular weight excluding hydrogens is 172 g/mol. The largest absolute Gasteiger partial charge is 0.370 e. The summed E-state index contributed by atoms with van der Waals surface area (Å²) in [6.07, 6.45) is 0.536. The average molecular weight is 186 g/mol. The van der Waals surface area contributed by atoms with Crippen LogP contribution >= 0.6 is 0 Å². The molecule has 0 unspecified atom stereocenters. The molecule has 3 fully saturated rings. The van der Waals surface area contributed by atoms with E-state index < -0.39 is 5.79 Å². The van der Waals surface area contributed by atoms with Crippen LogP contribution in [-0.4, -0.2) is 43.4 Å². The van der Waals surface area contributed by atoms with Crippen molar-refractivity contribution in [2.45, 2.75) is 44.1 Å². The first-order valence-corrected chi connectivity index (χ1v) is 4.74. The van der Waals surface area contributed by atoms with Gasteiger partial charge in [-0.25, -0.2) is 0 Å². The summed E-state index contributed by atoms with van der Waals surface area (Å²) in [4.78, 5) is 0. The normalized spacial score (nSPS) is 52.2. The van der Waals surface area contributed by atoms with Crippen molar-refractivity contribution < 1.29 is 18.9 Å². The van der Waals surface area contributed by atoms with Gasteiger partial charge in [0.1, 0.15) is 24.4 Å². The predicted molar refractivity (Wildman–Crippen MR) is 43.3 cm³/mol. The lowest BCUT2D eigenvalue weighted by atomic mass is 10.0. The van der Waals surface area contributed by atoms with Gasteiger partial charge in [0.2, 0.25) is 0 Å². The average Bonchev–Trinajstić information content (AvgIpc) is 2.20. The van der Waals surface area contributed by atoms with Crippen LogP contribution in [0.25, 0.3) is 0 Å². The van der Waals surface area contributed by atoms with E-state index in [4.69, 9.17) is 18.9 Å². The fourth-order valence-electron chi connectivity index (χ4n) is 2.14. The Kier molecular flexibility index (Phi) is 1.54. The number of hydrogen-bond donors (Lipinski definition) is 0. The molecule has 3 rings (SSSR count). The molecule has 0 aromatic carbocycles. The molecule has 3 aliphatic rings. The summed E-state index contributed by atoms with van der Waals surface area (Å²) in [5.41, 5.74) is 0. The molecule has 0 spiro atoms. The molecule has 3 heterocycles. The van der Waals surface area contributed by atoms with Crippen LogP contribution in [0.2, 0.25) is 0 Å². The fraction of sp³-hybridized carbons (Fsp3) is 1.00. The lowest BCUT2D eigenvalue weighted by Gasteiger charge is -2.39. The van der Waals surface area contributed by atoms with E-state index in [1.807, 2.05) is 13.8 Å². The van der Waals surface area contributed by atoms with Crippen LogP contribution in [0.3, 0.4) is 0 Å². The minimum absolute atomic E-state index is 0.0718. The summed E-state index contributed by atoms with van der Waals surface area (Å²) < 4.78 is 22.4. The Morgan fingerprint density at radius 3 is 2.54 bits per heavy atom. The standard InChI is InChI=1S/C9H14O4/c1-9(2)11-4-6-8(13-9)7-5(12-6)3-10-7/h5-8H,3-4H2,1-2H3/t5-,6-,7+,8+/m1/s1. The van der Waals surface area contributed by atoms with Gasteiger partial charge >= 0.3 is 0 Å². The van der Waals surface area contributed by atoms with E-state index in [1.54, 1.807) is 0 Å². The summed E-state index contributed by atoms with van der Waals surface area (Å²) in [5.74, 6) is -0.488. The number of rotatable bonds is 0. The fourth-order valence-corrected chi connectivity index (χ4v) is 2.14. The third-order valence-electron chi connectivity index (χ3n) is 2.87. The molecule has 0 aromatic heterocycles. The Morgan fingerprint density at radius 2 is 1.85 bits per heavy atom. The second-order valence-electron chi connectivity index (χ2n) is 4.30. The molecular formula is C9H14O4. The molecule has 0 bridgehead atoms. The molecule has 0 N–H and O–H groups in total. The van der Waals surface area contributed by atoms with Gasteiger partial charge in [-0.3, -0.25) is 0 Å². The van der Waals surface area contributed by atoms with Crippen LogP contribution in [-0.2, 0) is 18.9 Å². The van der Waals surface area contributed by atoms with Gasteiger partial charge in [0.15, 0.2) is 5.79 Å². The summed E-state index contributed by atoms with van der Waals surface area (Å²) in [6, 6.07) is 0. The first-order valence-electron chi connectivity index (χ1n) is 4.74. The Hall–Kier alpha value is -0.160. The van der Waals surface area contributed by atoms with E-state index in [9.17, 15) is 0 Å². The SMILES string of the molecule is CC1(C)OC[C@H]2O[C@@H]3CO[C@@H]3[C@H]2O1. The molecule has 0 aromatic rings. The Bertz CT molecular complexity index is 228. The zero-order valence-corrected chi connectivity index (χ0v) is 7.86. The van der Waals surface area contributed by atoms with Crippen molar-refractivity contribution in [2.75, 3.05) is 13.2 Å². The van der Waals surface area contributed by atoms with Crippen molar-refractivity contribution in [2.24, 2.45) is 0 Å². The van der Waals surface area contributed by atoms with Gasteiger partial charge < -0.3 is 18.9 Å². The molecule has 4 nitrogen and oxygen atoms in total. The Labute approximate surface area is 77.1 Å². The smallest absolute Gasteiger partial charge is 0.163 e. The molecule has 13 heavy (non-hydrogen) atoms. The van der Waals surface area contributed by atoms with Gasteiger partial charge in [-0.1, -0.05) is 0 Å². The highest BCUT2D eigenvalue weighted by atomic mass is 16.8. The number of ether oxygens (including phenoxy) is 4. The second kappa shape index (κ2) is 2.45. The van der Waals surface area contributed by atoms with Crippen molar-refractivity contribution in [3.05, 3.63) is 0 Å². The highest BCUT2D eigenvalue weighted by Gasteiger charge is 2.55. The monoisotopic (exact) mass is 186 g/mol. The van der Waals surface area contributed by atoms with E-state index in [-0.39, 0.29) is 24.4 Å². The zero-order chi connectivity index (χ0) is 9.05. The number of fused-ring (bicyclic) bond motifs is 3. The zero-order valence-electron chi connectivity index (χ0n) is 7.86. The van der Waals surface area contributed by atoms with Crippen molar-refractivity contribution in [3.63, 3.8) is 0 Å². The first kappa shape index (κ1) is 8.17. The molecule has 3 saturated heterocycles. The molecule has 0 saturated carbocycles. The van der Waals surface area contributed by atoms with Crippen molar-refractivity contribution in [1.82, 2.24) is 0 Å². The van der Waals surface area contributed by atoms with Crippen LogP contribution in [0.4, 0.5) is 0 Å². The molecule has 3 aliphatic heterocycles. The summed E-state index contributed by atoms with van der Waals surface area (Å²) >= 11 is 0. The van der Waals surface area contributed by atoms with Gasteiger partial charge in [0, 0.05) is 0 Å². The highest BCUT2D eigenvalue weighted by molar-refractivity contribution is 5.00. The van der Waals surface area contributed by atoms with E-state index >= 15 is 0 Å². The predicted octanol–water partition coefficient (Wildman–Crippen LogP) is 0.304. The van der Waals surface area contributed by atoms with Gasteiger partial charge in [0.05, 0.1) is 13.2 Å². The summed E-state index contributed by atoms with van der Waals surface area (Å²) in [6.45, 7) is 5.18. The van der Waals surface area contributed by atoms with Crippen LogP contribution in [0, 0.1) is 0 Å². The van der Waals surface area contributed by atoms with Crippen LogP contribution in [0.15, 0.2) is 0 Å². The Morgan fingerprint density at radius 1 is 1.08 bits per heavy atom. The molecule has 74 valence electrons. The molecule has 4 heteroatoms. The van der Waals surface area contributed by atoms with Crippen molar-refractivity contribution >= 4 is 0 Å². The maximum atomic E-state index is 5.76. The summed E-state index contributed by atoms with van der Waals surface area (Å²) in [7, 11) is 0. The van der Waals surface area contributed by atoms with Crippen LogP contribution < -0.4 is 0 Å². The molecule has 0 aliphatic carbocycles. The second-order valence-corrected chi connectivity index (χ2v) is 4.30. The Balaban J connectivity index is 1.78. The lowest BCUT2D eigenvalue weighted by Crippen LogP contribution is -2.54. The van der Waals surface area contributed by atoms with Crippen molar-refractivity contribution in [3.8, 4) is 0 Å². The van der Waals surface area contributed by atoms with E-state index in [1.165, 1.54) is 0 Å². The third kappa shape index (κ3) is 1.13. The maximum absolute atomic E-state index is 5.76. The molecule has 4 atom stereocenters. The van der Waals surface area contributed by atoms with E-state index in [2.05, 4.69) is 0 Å². The van der Waals surface area contributed by atoms with E-state index in [0.717, 1.165) is 0 Å². The topological polar surface area (TPSA) is 36.9 Å². The highest BCUT2D eigenvalue weighted by Crippen LogP contribution is 2.38. The minimum atomic E-state index is -0.488. The third-order valence-corrected chi connectivity index (χ3v) is 2.87. The number of hydrogen-bond acceptors (Lipinski definition) is 4. The van der Waals surface area contributed by atoms with Crippen LogP contribution in [0.5, 0.6) is 0 Å². The molecule has 0 radical (unpaired) electrons. The van der Waals surface area contributed by atoms with Gasteiger partial charge in [-0.2, -0.15) is 0 Å². The lowest BCUT2D eigenvalue weighted by molar-refractivity contribution is -0.301. The maximum Gasteiger partial charge on any atom is 0.163 e. The first-order chi connectivity index (χ1) is 6.16. The van der Waals surface area contributed by atoms with E-state index in [0.29, 0.717) is 13.2 Å².